The standard InChI is InChI=1S/C15H30N2O/c1-4-15(5-2)12-17(9-10-18-6-3)14(11-16-15)13-7-8-13/h13-14,16H,4-12H2,1-3H3. The molecule has 1 heterocycles. The zero-order valence-electron chi connectivity index (χ0n) is 12.4. The molecule has 3 heteroatoms. The molecule has 0 amide bonds. The quantitative estimate of drug-likeness (QED) is 0.705. The van der Waals surface area contributed by atoms with Gasteiger partial charge in [0.25, 0.3) is 0 Å². The van der Waals surface area contributed by atoms with E-state index in [1.54, 1.807) is 0 Å². The highest BCUT2D eigenvalue weighted by Crippen LogP contribution is 2.38. The Morgan fingerprint density at radius 2 is 1.94 bits per heavy atom. The highest BCUT2D eigenvalue weighted by Gasteiger charge is 2.42. The maximum absolute atomic E-state index is 5.56. The van der Waals surface area contributed by atoms with Gasteiger partial charge in [-0.3, -0.25) is 4.90 Å². The fourth-order valence-corrected chi connectivity index (χ4v) is 3.25. The maximum Gasteiger partial charge on any atom is 0.0593 e. The maximum atomic E-state index is 5.56. The van der Waals surface area contributed by atoms with Crippen molar-refractivity contribution in [3.05, 3.63) is 0 Å². The Morgan fingerprint density at radius 3 is 2.50 bits per heavy atom. The second kappa shape index (κ2) is 6.36. The monoisotopic (exact) mass is 254 g/mol. The van der Waals surface area contributed by atoms with E-state index in [1.165, 1.54) is 38.8 Å². The lowest BCUT2D eigenvalue weighted by Gasteiger charge is -2.48. The first kappa shape index (κ1) is 14.3. The van der Waals surface area contributed by atoms with Gasteiger partial charge in [0.2, 0.25) is 0 Å². The van der Waals surface area contributed by atoms with Crippen LogP contribution >= 0.6 is 0 Å². The molecule has 18 heavy (non-hydrogen) atoms. The van der Waals surface area contributed by atoms with E-state index in [0.29, 0.717) is 5.54 Å². The molecule has 2 rings (SSSR count). The summed E-state index contributed by atoms with van der Waals surface area (Å²) in [5.74, 6) is 0.950. The lowest BCUT2D eigenvalue weighted by molar-refractivity contribution is 0.0324. The Morgan fingerprint density at radius 1 is 1.22 bits per heavy atom. The van der Waals surface area contributed by atoms with Crippen LogP contribution in [0, 0.1) is 5.92 Å². The minimum atomic E-state index is 0.345. The van der Waals surface area contributed by atoms with E-state index in [-0.39, 0.29) is 0 Å². The fourth-order valence-electron chi connectivity index (χ4n) is 3.25. The molecule has 106 valence electrons. The van der Waals surface area contributed by atoms with Crippen molar-refractivity contribution in [2.45, 2.75) is 58.0 Å². The molecule has 1 saturated heterocycles. The van der Waals surface area contributed by atoms with Gasteiger partial charge in [-0.25, -0.2) is 0 Å². The van der Waals surface area contributed by atoms with E-state index in [9.17, 15) is 0 Å². The van der Waals surface area contributed by atoms with Crippen molar-refractivity contribution in [3.63, 3.8) is 0 Å². The van der Waals surface area contributed by atoms with Gasteiger partial charge in [0.1, 0.15) is 0 Å². The molecule has 2 aliphatic rings. The lowest BCUT2D eigenvalue weighted by Crippen LogP contribution is -2.64. The van der Waals surface area contributed by atoms with E-state index < -0.39 is 0 Å². The minimum absolute atomic E-state index is 0.345. The zero-order chi connectivity index (χ0) is 13.0. The normalized spacial score (nSPS) is 28.5. The Bertz CT molecular complexity index is 249. The molecule has 2 fully saturated rings. The van der Waals surface area contributed by atoms with Gasteiger partial charge in [-0.05, 0) is 38.5 Å². The van der Waals surface area contributed by atoms with Gasteiger partial charge in [0.05, 0.1) is 6.61 Å². The van der Waals surface area contributed by atoms with Crippen LogP contribution in [0.25, 0.3) is 0 Å². The van der Waals surface area contributed by atoms with Gasteiger partial charge in [-0.2, -0.15) is 0 Å². The highest BCUT2D eigenvalue weighted by atomic mass is 16.5. The third-order valence-electron chi connectivity index (χ3n) is 4.91. The average Bonchev–Trinajstić information content (AvgIpc) is 3.23. The van der Waals surface area contributed by atoms with E-state index in [4.69, 9.17) is 4.74 Å². The van der Waals surface area contributed by atoms with Gasteiger partial charge in [0, 0.05) is 37.8 Å². The first-order chi connectivity index (χ1) is 8.74. The third kappa shape index (κ3) is 3.25. The van der Waals surface area contributed by atoms with Gasteiger partial charge in [-0.1, -0.05) is 13.8 Å². The molecule has 1 aliphatic heterocycles. The van der Waals surface area contributed by atoms with Crippen LogP contribution < -0.4 is 5.32 Å². The number of rotatable bonds is 7. The summed E-state index contributed by atoms with van der Waals surface area (Å²) in [6.07, 6.45) is 5.32. The topological polar surface area (TPSA) is 24.5 Å². The van der Waals surface area contributed by atoms with Crippen LogP contribution in [0.2, 0.25) is 0 Å². The predicted octanol–water partition coefficient (Wildman–Crippen LogP) is 2.27. The summed E-state index contributed by atoms with van der Waals surface area (Å²) < 4.78 is 5.56. The van der Waals surface area contributed by atoms with Crippen molar-refractivity contribution in [1.29, 1.82) is 0 Å². The Labute approximate surface area is 112 Å². The average molecular weight is 254 g/mol. The smallest absolute Gasteiger partial charge is 0.0593 e. The van der Waals surface area contributed by atoms with Crippen LogP contribution in [-0.2, 0) is 4.74 Å². The number of ether oxygens (including phenoxy) is 1. The van der Waals surface area contributed by atoms with Crippen LogP contribution in [0.5, 0.6) is 0 Å². The second-order valence-corrected chi connectivity index (χ2v) is 5.94. The molecule has 3 nitrogen and oxygen atoms in total. The van der Waals surface area contributed by atoms with Crippen LogP contribution in [0.4, 0.5) is 0 Å². The Kier molecular flexibility index (Phi) is 5.05. The zero-order valence-corrected chi connectivity index (χ0v) is 12.4. The first-order valence-electron chi connectivity index (χ1n) is 7.81. The molecule has 1 aliphatic carbocycles. The van der Waals surface area contributed by atoms with Crippen LogP contribution in [-0.4, -0.2) is 49.3 Å². The molecule has 0 radical (unpaired) electrons. The molecule has 0 aromatic heterocycles. The van der Waals surface area contributed by atoms with E-state index in [0.717, 1.165) is 31.7 Å². The number of piperazine rings is 1. The number of hydrogen-bond donors (Lipinski definition) is 1. The predicted molar refractivity (Wildman–Crippen MR) is 75.9 cm³/mol. The van der Waals surface area contributed by atoms with Crippen molar-refractivity contribution in [3.8, 4) is 0 Å². The van der Waals surface area contributed by atoms with Crippen molar-refractivity contribution in [1.82, 2.24) is 10.2 Å². The van der Waals surface area contributed by atoms with E-state index >= 15 is 0 Å². The number of nitrogens with zero attached hydrogens (tertiary/aromatic N) is 1. The Balaban J connectivity index is 1.93. The summed E-state index contributed by atoms with van der Waals surface area (Å²) in [4.78, 5) is 2.71. The van der Waals surface area contributed by atoms with Crippen molar-refractivity contribution < 1.29 is 4.74 Å². The first-order valence-corrected chi connectivity index (χ1v) is 7.81. The van der Waals surface area contributed by atoms with E-state index in [1.807, 2.05) is 0 Å². The third-order valence-corrected chi connectivity index (χ3v) is 4.91. The largest absolute Gasteiger partial charge is 0.380 e. The van der Waals surface area contributed by atoms with Gasteiger partial charge < -0.3 is 10.1 Å². The number of hydrogen-bond acceptors (Lipinski definition) is 3. The highest BCUT2D eigenvalue weighted by molar-refractivity contribution is 5.01. The van der Waals surface area contributed by atoms with Gasteiger partial charge in [0.15, 0.2) is 0 Å². The lowest BCUT2D eigenvalue weighted by atomic mass is 9.87. The second-order valence-electron chi connectivity index (χ2n) is 5.94. The molecule has 1 unspecified atom stereocenters. The summed E-state index contributed by atoms with van der Waals surface area (Å²) in [5.41, 5.74) is 0.345. The summed E-state index contributed by atoms with van der Waals surface area (Å²) in [5, 5.41) is 3.84. The van der Waals surface area contributed by atoms with Crippen LogP contribution in [0.3, 0.4) is 0 Å². The van der Waals surface area contributed by atoms with Crippen LogP contribution in [0.15, 0.2) is 0 Å². The molecular formula is C15H30N2O. The number of nitrogens with one attached hydrogen (secondary N) is 1. The van der Waals surface area contributed by atoms with Crippen LogP contribution in [0.1, 0.15) is 46.5 Å². The summed E-state index contributed by atoms with van der Waals surface area (Å²) in [6.45, 7) is 11.9. The molecule has 1 N–H and O–H groups in total. The summed E-state index contributed by atoms with van der Waals surface area (Å²) >= 11 is 0. The minimum Gasteiger partial charge on any atom is -0.380 e. The van der Waals surface area contributed by atoms with Gasteiger partial charge in [-0.15, -0.1) is 0 Å². The molecule has 0 aromatic carbocycles. The van der Waals surface area contributed by atoms with Gasteiger partial charge >= 0.3 is 0 Å². The molecule has 0 aromatic rings. The molecule has 1 atom stereocenters. The Hall–Kier alpha value is -0.120. The molecule has 0 spiro atoms. The van der Waals surface area contributed by atoms with Crippen molar-refractivity contribution >= 4 is 0 Å². The fraction of sp³-hybridized carbons (Fsp3) is 1.00. The molecule has 1 saturated carbocycles. The SMILES string of the molecule is CCOCCN1CC(CC)(CC)NCC1C1CC1. The van der Waals surface area contributed by atoms with Crippen molar-refractivity contribution in [2.75, 3.05) is 32.8 Å². The summed E-state index contributed by atoms with van der Waals surface area (Å²) in [6, 6.07) is 0.761. The van der Waals surface area contributed by atoms with E-state index in [2.05, 4.69) is 31.0 Å². The van der Waals surface area contributed by atoms with Crippen molar-refractivity contribution in [2.24, 2.45) is 5.92 Å². The summed E-state index contributed by atoms with van der Waals surface area (Å²) in [7, 11) is 0. The molecular weight excluding hydrogens is 224 g/mol. The molecule has 0 bridgehead atoms.